The number of nitrogens with one attached hydrogen (secondary N) is 1. The van der Waals surface area contributed by atoms with Crippen LogP contribution in [-0.2, 0) is 10.0 Å². The zero-order valence-electron chi connectivity index (χ0n) is 10.6. The Bertz CT molecular complexity index is 543. The molecule has 0 spiro atoms. The summed E-state index contributed by atoms with van der Waals surface area (Å²) in [6.07, 6.45) is -0.198. The highest BCUT2D eigenvalue weighted by Crippen LogP contribution is 2.32. The fourth-order valence-corrected chi connectivity index (χ4v) is 2.71. The molecule has 7 heteroatoms. The third kappa shape index (κ3) is 3.37. The van der Waals surface area contributed by atoms with Crippen LogP contribution in [0.15, 0.2) is 23.1 Å². The largest absolute Gasteiger partial charge is 0.486 e. The van der Waals surface area contributed by atoms with Crippen molar-refractivity contribution in [2.24, 2.45) is 0 Å². The van der Waals surface area contributed by atoms with Gasteiger partial charge in [0.2, 0.25) is 10.0 Å². The summed E-state index contributed by atoms with van der Waals surface area (Å²) in [5.41, 5.74) is 0. The first-order valence-electron chi connectivity index (χ1n) is 6.10. The third-order valence-electron chi connectivity index (χ3n) is 2.80. The van der Waals surface area contributed by atoms with Crippen molar-refractivity contribution in [1.29, 1.82) is 0 Å². The van der Waals surface area contributed by atoms with Gasteiger partial charge in [-0.15, -0.1) is 0 Å². The van der Waals surface area contributed by atoms with E-state index in [1.165, 1.54) is 12.1 Å². The van der Waals surface area contributed by atoms with Crippen molar-refractivity contribution < 1.29 is 23.0 Å². The van der Waals surface area contributed by atoms with E-state index in [0.717, 1.165) is 0 Å². The molecule has 6 nitrogen and oxygen atoms in total. The van der Waals surface area contributed by atoms with Gasteiger partial charge >= 0.3 is 0 Å². The molecule has 0 saturated carbocycles. The van der Waals surface area contributed by atoms with E-state index >= 15 is 0 Å². The highest BCUT2D eigenvalue weighted by Gasteiger charge is 2.19. The molecule has 1 aromatic carbocycles. The minimum Gasteiger partial charge on any atom is -0.486 e. The molecule has 0 aromatic heterocycles. The smallest absolute Gasteiger partial charge is 0.240 e. The Balaban J connectivity index is 2.16. The average Bonchev–Trinajstić information content (AvgIpc) is 2.44. The molecule has 1 heterocycles. The summed E-state index contributed by atoms with van der Waals surface area (Å²) < 4.78 is 37.1. The number of benzene rings is 1. The van der Waals surface area contributed by atoms with Gasteiger partial charge in [-0.25, -0.2) is 13.1 Å². The molecule has 1 aliphatic rings. The lowest BCUT2D eigenvalue weighted by atomic mass is 10.3. The van der Waals surface area contributed by atoms with Crippen molar-refractivity contribution in [3.63, 3.8) is 0 Å². The Morgan fingerprint density at radius 1 is 1.32 bits per heavy atom. The lowest BCUT2D eigenvalue weighted by Gasteiger charge is -2.19. The maximum absolute atomic E-state index is 12.0. The Kier molecular flexibility index (Phi) is 4.28. The summed E-state index contributed by atoms with van der Waals surface area (Å²) in [5, 5.41) is 9.39. The van der Waals surface area contributed by atoms with Gasteiger partial charge < -0.3 is 14.6 Å². The average molecular weight is 287 g/mol. The van der Waals surface area contributed by atoms with Gasteiger partial charge in [0.25, 0.3) is 0 Å². The molecule has 0 radical (unpaired) electrons. The normalized spacial score (nSPS) is 16.1. The topological polar surface area (TPSA) is 84.9 Å². The molecule has 2 N–H and O–H groups in total. The van der Waals surface area contributed by atoms with E-state index < -0.39 is 16.1 Å². The Labute approximate surface area is 112 Å². The lowest BCUT2D eigenvalue weighted by molar-refractivity contribution is 0.171. The summed E-state index contributed by atoms with van der Waals surface area (Å²) in [4.78, 5) is 0.0973. The van der Waals surface area contributed by atoms with E-state index in [2.05, 4.69) is 4.72 Å². The summed E-state index contributed by atoms with van der Waals surface area (Å²) in [6, 6.07) is 4.45. The second-order valence-electron chi connectivity index (χ2n) is 4.22. The molecule has 1 aromatic rings. The summed E-state index contributed by atoms with van der Waals surface area (Å²) in [5.74, 6) is 0.962. The highest BCUT2D eigenvalue weighted by molar-refractivity contribution is 7.89. The second kappa shape index (κ2) is 5.77. The Morgan fingerprint density at radius 3 is 2.68 bits per heavy atom. The minimum atomic E-state index is -3.64. The quantitative estimate of drug-likeness (QED) is 0.824. The van der Waals surface area contributed by atoms with Crippen molar-refractivity contribution in [3.05, 3.63) is 18.2 Å². The van der Waals surface area contributed by atoms with Gasteiger partial charge in [-0.1, -0.05) is 6.92 Å². The molecule has 0 bridgehead atoms. The van der Waals surface area contributed by atoms with Crippen LogP contribution in [-0.4, -0.2) is 39.4 Å². The third-order valence-corrected chi connectivity index (χ3v) is 4.23. The number of rotatable bonds is 5. The van der Waals surface area contributed by atoms with Crippen molar-refractivity contribution in [2.75, 3.05) is 19.8 Å². The van der Waals surface area contributed by atoms with Crippen LogP contribution in [0.4, 0.5) is 0 Å². The predicted molar refractivity (Wildman–Crippen MR) is 68.9 cm³/mol. The van der Waals surface area contributed by atoms with Gasteiger partial charge in [0, 0.05) is 12.6 Å². The lowest BCUT2D eigenvalue weighted by Crippen LogP contribution is -2.31. The van der Waals surface area contributed by atoms with Crippen LogP contribution in [0.1, 0.15) is 13.3 Å². The molecule has 106 valence electrons. The molecular weight excluding hydrogens is 270 g/mol. The first-order chi connectivity index (χ1) is 9.03. The van der Waals surface area contributed by atoms with Crippen LogP contribution in [0.2, 0.25) is 0 Å². The van der Waals surface area contributed by atoms with E-state index in [0.29, 0.717) is 31.1 Å². The first kappa shape index (κ1) is 14.1. The van der Waals surface area contributed by atoms with Crippen molar-refractivity contribution in [3.8, 4) is 11.5 Å². The second-order valence-corrected chi connectivity index (χ2v) is 5.99. The van der Waals surface area contributed by atoms with E-state index in [1.807, 2.05) is 0 Å². The zero-order chi connectivity index (χ0) is 13.9. The fourth-order valence-electron chi connectivity index (χ4n) is 1.62. The van der Waals surface area contributed by atoms with Crippen molar-refractivity contribution >= 4 is 10.0 Å². The minimum absolute atomic E-state index is 0.00667. The maximum Gasteiger partial charge on any atom is 0.240 e. The van der Waals surface area contributed by atoms with Gasteiger partial charge in [-0.2, -0.15) is 0 Å². The standard InChI is InChI=1S/C12H17NO5S/c1-2-9(14)8-13-19(15,16)10-3-4-11-12(7-10)18-6-5-17-11/h3-4,7,9,13-14H,2,5-6,8H2,1H3. The summed E-state index contributed by atoms with van der Waals surface area (Å²) >= 11 is 0. The molecule has 1 atom stereocenters. The fraction of sp³-hybridized carbons (Fsp3) is 0.500. The molecule has 0 saturated heterocycles. The van der Waals surface area contributed by atoms with E-state index in [-0.39, 0.29) is 11.4 Å². The maximum atomic E-state index is 12.0. The number of aliphatic hydroxyl groups excluding tert-OH is 1. The van der Waals surface area contributed by atoms with Crippen LogP contribution in [0, 0.1) is 0 Å². The molecule has 0 fully saturated rings. The highest BCUT2D eigenvalue weighted by atomic mass is 32.2. The van der Waals surface area contributed by atoms with Gasteiger partial charge in [0.15, 0.2) is 11.5 Å². The zero-order valence-corrected chi connectivity index (χ0v) is 11.4. The van der Waals surface area contributed by atoms with E-state index in [4.69, 9.17) is 9.47 Å². The number of ether oxygens (including phenoxy) is 2. The van der Waals surface area contributed by atoms with Gasteiger partial charge in [-0.3, -0.25) is 0 Å². The molecule has 19 heavy (non-hydrogen) atoms. The van der Waals surface area contributed by atoms with Crippen LogP contribution < -0.4 is 14.2 Å². The molecular formula is C12H17NO5S. The SMILES string of the molecule is CCC(O)CNS(=O)(=O)c1ccc2c(c1)OCCO2. The first-order valence-corrected chi connectivity index (χ1v) is 7.58. The van der Waals surface area contributed by atoms with Crippen LogP contribution >= 0.6 is 0 Å². The number of sulfonamides is 1. The molecule has 1 aliphatic heterocycles. The number of hydrogen-bond acceptors (Lipinski definition) is 5. The van der Waals surface area contributed by atoms with Gasteiger partial charge in [0.05, 0.1) is 11.0 Å². The Morgan fingerprint density at radius 2 is 2.00 bits per heavy atom. The summed E-state index contributed by atoms with van der Waals surface area (Å²) in [7, 11) is -3.64. The molecule has 0 amide bonds. The predicted octanol–water partition coefficient (Wildman–Crippen LogP) is 0.507. The van der Waals surface area contributed by atoms with Crippen molar-refractivity contribution in [2.45, 2.75) is 24.3 Å². The number of aliphatic hydroxyl groups is 1. The van der Waals surface area contributed by atoms with Crippen molar-refractivity contribution in [1.82, 2.24) is 4.72 Å². The number of hydrogen-bond donors (Lipinski definition) is 2. The Hall–Kier alpha value is -1.31. The van der Waals surface area contributed by atoms with Crippen LogP contribution in [0.25, 0.3) is 0 Å². The van der Waals surface area contributed by atoms with Crippen LogP contribution in [0.5, 0.6) is 11.5 Å². The number of fused-ring (bicyclic) bond motifs is 1. The van der Waals surface area contributed by atoms with E-state index in [9.17, 15) is 13.5 Å². The molecule has 0 aliphatic carbocycles. The monoisotopic (exact) mass is 287 g/mol. The van der Waals surface area contributed by atoms with Gasteiger partial charge in [0.1, 0.15) is 13.2 Å². The van der Waals surface area contributed by atoms with E-state index in [1.54, 1.807) is 13.0 Å². The van der Waals surface area contributed by atoms with Crippen LogP contribution in [0.3, 0.4) is 0 Å². The summed E-state index contributed by atoms with van der Waals surface area (Å²) in [6.45, 7) is 2.63. The molecule has 1 unspecified atom stereocenters. The van der Waals surface area contributed by atoms with Gasteiger partial charge in [-0.05, 0) is 18.6 Å². The molecule has 2 rings (SSSR count).